The summed E-state index contributed by atoms with van der Waals surface area (Å²) in [5.74, 6) is -0.141. The smallest absolute Gasteiger partial charge is 0.126 e. The van der Waals surface area contributed by atoms with Crippen LogP contribution in [0.3, 0.4) is 0 Å². The van der Waals surface area contributed by atoms with Gasteiger partial charge in [-0.05, 0) is 42.2 Å². The number of rotatable bonds is 4. The van der Waals surface area contributed by atoms with Gasteiger partial charge in [-0.25, -0.2) is 4.39 Å². The Kier molecular flexibility index (Phi) is 4.11. The average Bonchev–Trinajstić information content (AvgIpc) is 2.36. The molecule has 0 radical (unpaired) electrons. The Labute approximate surface area is 108 Å². The number of benzene rings is 2. The maximum absolute atomic E-state index is 13.1. The summed E-state index contributed by atoms with van der Waals surface area (Å²) in [4.78, 5) is 0. The maximum atomic E-state index is 13.1. The molecule has 0 aliphatic rings. The molecule has 2 aromatic rings. The number of hydrogen-bond donors (Lipinski definition) is 1. The largest absolute Gasteiger partial charge is 0.309 e. The molecule has 94 valence electrons. The van der Waals surface area contributed by atoms with Crippen molar-refractivity contribution in [1.29, 1.82) is 0 Å². The second kappa shape index (κ2) is 5.78. The molecule has 2 aromatic carbocycles. The molecular formula is C16H18FN. The zero-order chi connectivity index (χ0) is 13.0. The lowest BCUT2D eigenvalue weighted by Crippen LogP contribution is -2.13. The maximum Gasteiger partial charge on any atom is 0.126 e. The van der Waals surface area contributed by atoms with Crippen molar-refractivity contribution in [2.45, 2.75) is 26.9 Å². The van der Waals surface area contributed by atoms with Crippen molar-refractivity contribution in [2.24, 2.45) is 0 Å². The van der Waals surface area contributed by atoms with Crippen LogP contribution in [0.1, 0.15) is 22.3 Å². The molecule has 1 N–H and O–H groups in total. The van der Waals surface area contributed by atoms with Gasteiger partial charge < -0.3 is 5.32 Å². The summed E-state index contributed by atoms with van der Waals surface area (Å²) in [6, 6.07) is 13.6. The molecule has 0 spiro atoms. The molecule has 0 saturated carbocycles. The SMILES string of the molecule is Cc1cc(CNCc2ccccc2C)ccc1F. The molecule has 2 heteroatoms. The molecule has 0 aliphatic carbocycles. The Morgan fingerprint density at radius 2 is 1.72 bits per heavy atom. The highest BCUT2D eigenvalue weighted by molar-refractivity contribution is 5.26. The van der Waals surface area contributed by atoms with Crippen LogP contribution in [0.4, 0.5) is 4.39 Å². The van der Waals surface area contributed by atoms with E-state index in [-0.39, 0.29) is 5.82 Å². The number of aryl methyl sites for hydroxylation is 2. The van der Waals surface area contributed by atoms with Crippen molar-refractivity contribution < 1.29 is 4.39 Å². The van der Waals surface area contributed by atoms with E-state index in [9.17, 15) is 4.39 Å². The molecule has 0 atom stereocenters. The predicted molar refractivity (Wildman–Crippen MR) is 72.9 cm³/mol. The highest BCUT2D eigenvalue weighted by atomic mass is 19.1. The Bertz CT molecular complexity index is 534. The van der Waals surface area contributed by atoms with Crippen LogP contribution in [-0.4, -0.2) is 0 Å². The summed E-state index contributed by atoms with van der Waals surface area (Å²) in [7, 11) is 0. The van der Waals surface area contributed by atoms with Crippen LogP contribution in [0.2, 0.25) is 0 Å². The normalized spacial score (nSPS) is 10.6. The minimum atomic E-state index is -0.141. The molecule has 0 aromatic heterocycles. The van der Waals surface area contributed by atoms with Gasteiger partial charge in [0.05, 0.1) is 0 Å². The van der Waals surface area contributed by atoms with Crippen molar-refractivity contribution in [3.63, 3.8) is 0 Å². The van der Waals surface area contributed by atoms with Gasteiger partial charge in [0.1, 0.15) is 5.82 Å². The van der Waals surface area contributed by atoms with Crippen molar-refractivity contribution in [3.8, 4) is 0 Å². The van der Waals surface area contributed by atoms with E-state index >= 15 is 0 Å². The van der Waals surface area contributed by atoms with Gasteiger partial charge in [-0.3, -0.25) is 0 Å². The first kappa shape index (κ1) is 12.8. The van der Waals surface area contributed by atoms with Crippen molar-refractivity contribution in [2.75, 3.05) is 0 Å². The van der Waals surface area contributed by atoms with Crippen LogP contribution in [0.5, 0.6) is 0 Å². The molecule has 0 amide bonds. The van der Waals surface area contributed by atoms with Crippen LogP contribution in [0.15, 0.2) is 42.5 Å². The van der Waals surface area contributed by atoms with E-state index in [1.54, 1.807) is 6.92 Å². The fraction of sp³-hybridized carbons (Fsp3) is 0.250. The first-order chi connectivity index (χ1) is 8.66. The molecule has 0 heterocycles. The van der Waals surface area contributed by atoms with Gasteiger partial charge in [-0.15, -0.1) is 0 Å². The Balaban J connectivity index is 1.92. The van der Waals surface area contributed by atoms with Gasteiger partial charge >= 0.3 is 0 Å². The third-order valence-corrected chi connectivity index (χ3v) is 3.13. The Morgan fingerprint density at radius 1 is 0.944 bits per heavy atom. The fourth-order valence-electron chi connectivity index (χ4n) is 1.97. The van der Waals surface area contributed by atoms with Gasteiger partial charge in [0, 0.05) is 13.1 Å². The lowest BCUT2D eigenvalue weighted by molar-refractivity contribution is 0.615. The predicted octanol–water partition coefficient (Wildman–Crippen LogP) is 3.73. The van der Waals surface area contributed by atoms with Gasteiger partial charge in [0.15, 0.2) is 0 Å². The molecule has 18 heavy (non-hydrogen) atoms. The molecule has 0 unspecified atom stereocenters. The van der Waals surface area contributed by atoms with E-state index in [0.29, 0.717) is 5.56 Å². The quantitative estimate of drug-likeness (QED) is 0.862. The summed E-state index contributed by atoms with van der Waals surface area (Å²) in [5.41, 5.74) is 4.41. The lowest BCUT2D eigenvalue weighted by Gasteiger charge is -2.08. The van der Waals surface area contributed by atoms with Crippen molar-refractivity contribution in [1.82, 2.24) is 5.32 Å². The van der Waals surface area contributed by atoms with Crippen LogP contribution < -0.4 is 5.32 Å². The first-order valence-corrected chi connectivity index (χ1v) is 6.17. The zero-order valence-corrected chi connectivity index (χ0v) is 10.8. The van der Waals surface area contributed by atoms with E-state index in [2.05, 4.69) is 24.4 Å². The number of halogens is 1. The van der Waals surface area contributed by atoms with Crippen LogP contribution in [0.25, 0.3) is 0 Å². The van der Waals surface area contributed by atoms with Gasteiger partial charge in [-0.1, -0.05) is 36.4 Å². The summed E-state index contributed by atoms with van der Waals surface area (Å²) >= 11 is 0. The minimum absolute atomic E-state index is 0.141. The van der Waals surface area contributed by atoms with E-state index in [0.717, 1.165) is 18.7 Å². The average molecular weight is 243 g/mol. The lowest BCUT2D eigenvalue weighted by atomic mass is 10.1. The molecule has 0 fully saturated rings. The second-order valence-corrected chi connectivity index (χ2v) is 4.61. The third kappa shape index (κ3) is 3.17. The number of nitrogens with one attached hydrogen (secondary N) is 1. The fourth-order valence-corrected chi connectivity index (χ4v) is 1.97. The van der Waals surface area contributed by atoms with Gasteiger partial charge in [0.25, 0.3) is 0 Å². The summed E-state index contributed by atoms with van der Waals surface area (Å²) in [6.45, 7) is 5.50. The zero-order valence-electron chi connectivity index (χ0n) is 10.8. The van der Waals surface area contributed by atoms with Crippen molar-refractivity contribution >= 4 is 0 Å². The molecule has 1 nitrogen and oxygen atoms in total. The van der Waals surface area contributed by atoms with E-state index < -0.39 is 0 Å². The summed E-state index contributed by atoms with van der Waals surface area (Å²) in [6.07, 6.45) is 0. The highest BCUT2D eigenvalue weighted by Crippen LogP contribution is 2.10. The summed E-state index contributed by atoms with van der Waals surface area (Å²) in [5, 5.41) is 3.38. The van der Waals surface area contributed by atoms with Gasteiger partial charge in [-0.2, -0.15) is 0 Å². The number of hydrogen-bond acceptors (Lipinski definition) is 1. The molecule has 2 rings (SSSR count). The van der Waals surface area contributed by atoms with E-state index in [1.165, 1.54) is 17.2 Å². The van der Waals surface area contributed by atoms with E-state index in [4.69, 9.17) is 0 Å². The van der Waals surface area contributed by atoms with Crippen LogP contribution in [-0.2, 0) is 13.1 Å². The highest BCUT2D eigenvalue weighted by Gasteiger charge is 2.00. The monoisotopic (exact) mass is 243 g/mol. The Hall–Kier alpha value is -1.67. The standard InChI is InChI=1S/C16H18FN/c1-12-5-3-4-6-15(12)11-18-10-14-7-8-16(17)13(2)9-14/h3-9,18H,10-11H2,1-2H3. The topological polar surface area (TPSA) is 12.0 Å². The molecular weight excluding hydrogens is 225 g/mol. The second-order valence-electron chi connectivity index (χ2n) is 4.61. The summed E-state index contributed by atoms with van der Waals surface area (Å²) < 4.78 is 13.1. The van der Waals surface area contributed by atoms with Crippen LogP contribution >= 0.6 is 0 Å². The van der Waals surface area contributed by atoms with E-state index in [1.807, 2.05) is 24.3 Å². The van der Waals surface area contributed by atoms with Crippen LogP contribution in [0, 0.1) is 19.7 Å². The molecule has 0 saturated heterocycles. The minimum Gasteiger partial charge on any atom is -0.309 e. The molecule has 0 aliphatic heterocycles. The van der Waals surface area contributed by atoms with Gasteiger partial charge in [0.2, 0.25) is 0 Å². The third-order valence-electron chi connectivity index (χ3n) is 3.13. The Morgan fingerprint density at radius 3 is 2.44 bits per heavy atom. The van der Waals surface area contributed by atoms with Crippen molar-refractivity contribution in [3.05, 3.63) is 70.5 Å². The molecule has 0 bridgehead atoms. The first-order valence-electron chi connectivity index (χ1n) is 6.17.